The van der Waals surface area contributed by atoms with Crippen molar-refractivity contribution in [2.24, 2.45) is 5.73 Å². The van der Waals surface area contributed by atoms with Gasteiger partial charge in [0.25, 0.3) is 0 Å². The van der Waals surface area contributed by atoms with Gasteiger partial charge < -0.3 is 29.4 Å². The molecule has 0 spiro atoms. The zero-order valence-electron chi connectivity index (χ0n) is 25.4. The predicted octanol–water partition coefficient (Wildman–Crippen LogP) is 7.13. The molecule has 1 heterocycles. The van der Waals surface area contributed by atoms with E-state index in [4.69, 9.17) is 29.4 Å². The third-order valence-corrected chi connectivity index (χ3v) is 7.46. The molecular weight excluding hydrogens is 575 g/mol. The Labute approximate surface area is 261 Å². The van der Waals surface area contributed by atoms with Gasteiger partial charge in [0.2, 0.25) is 5.88 Å². The van der Waals surface area contributed by atoms with Gasteiger partial charge in [-0.2, -0.15) is 5.26 Å². The summed E-state index contributed by atoms with van der Waals surface area (Å²) in [4.78, 5) is 12.9. The third kappa shape index (κ3) is 6.86. The van der Waals surface area contributed by atoms with Crippen LogP contribution < -0.4 is 29.4 Å². The maximum absolute atomic E-state index is 14.1. The Bertz CT molecular complexity index is 1780. The van der Waals surface area contributed by atoms with Crippen molar-refractivity contribution in [3.05, 3.63) is 124 Å². The van der Waals surface area contributed by atoms with Crippen LogP contribution in [-0.2, 0) is 11.4 Å². The van der Waals surface area contributed by atoms with Gasteiger partial charge in [-0.05, 0) is 60.4 Å². The number of allylic oxidation sites excluding steroid dienone is 1. The van der Waals surface area contributed by atoms with Crippen molar-refractivity contribution in [3.8, 4) is 34.8 Å². The number of nitrogens with two attached hydrogens (primary N) is 1. The number of halogens is 1. The van der Waals surface area contributed by atoms with Gasteiger partial charge in [0.15, 0.2) is 17.6 Å². The van der Waals surface area contributed by atoms with E-state index in [0.717, 1.165) is 0 Å². The van der Waals surface area contributed by atoms with Crippen molar-refractivity contribution in [1.82, 2.24) is 0 Å². The standard InChI is InChI=1S/C36H33FN2O6/c1-21(2)23-9-12-26(13-10-23)43-22(3)36(40)44-27-14-15-28-32(18-27)45-35(39)29(19-38)34(28)24-11-16-31(33(17-24)41-4)42-20-25-7-5-6-8-30(25)37/h5-18,21-22,34H,20,39H2,1-4H3. The number of hydrogen-bond acceptors (Lipinski definition) is 8. The van der Waals surface area contributed by atoms with Crippen LogP contribution in [0.5, 0.6) is 28.7 Å². The highest BCUT2D eigenvalue weighted by Crippen LogP contribution is 2.45. The van der Waals surface area contributed by atoms with Crippen molar-refractivity contribution in [2.75, 3.05) is 7.11 Å². The number of nitriles is 1. The van der Waals surface area contributed by atoms with E-state index < -0.39 is 18.0 Å². The molecule has 5 rings (SSSR count). The molecule has 0 amide bonds. The molecule has 4 aromatic carbocycles. The number of benzene rings is 4. The lowest BCUT2D eigenvalue weighted by Gasteiger charge is -2.27. The molecule has 4 aromatic rings. The van der Waals surface area contributed by atoms with Crippen LogP contribution in [0, 0.1) is 17.1 Å². The second kappa shape index (κ2) is 13.4. The summed E-state index contributed by atoms with van der Waals surface area (Å²) in [5, 5.41) is 9.99. The van der Waals surface area contributed by atoms with E-state index in [1.54, 1.807) is 61.5 Å². The van der Waals surface area contributed by atoms with Crippen LogP contribution in [0.15, 0.2) is 96.4 Å². The predicted molar refractivity (Wildman–Crippen MR) is 166 cm³/mol. The van der Waals surface area contributed by atoms with Gasteiger partial charge in [-0.1, -0.05) is 56.3 Å². The second-order valence-electron chi connectivity index (χ2n) is 10.8. The molecule has 2 unspecified atom stereocenters. The van der Waals surface area contributed by atoms with E-state index in [9.17, 15) is 14.4 Å². The summed E-state index contributed by atoms with van der Waals surface area (Å²) in [5.74, 6) is 0.668. The van der Waals surface area contributed by atoms with Crippen LogP contribution >= 0.6 is 0 Å². The minimum absolute atomic E-state index is 0.00828. The van der Waals surface area contributed by atoms with Gasteiger partial charge in [-0.25, -0.2) is 9.18 Å². The second-order valence-corrected chi connectivity index (χ2v) is 10.8. The topological polar surface area (TPSA) is 113 Å². The van der Waals surface area contributed by atoms with Crippen LogP contribution in [0.1, 0.15) is 54.9 Å². The molecule has 0 bridgehead atoms. The molecule has 9 heteroatoms. The molecular formula is C36H33FN2O6. The highest BCUT2D eigenvalue weighted by molar-refractivity contribution is 5.77. The summed E-state index contributed by atoms with van der Waals surface area (Å²) in [6, 6.07) is 26.2. The van der Waals surface area contributed by atoms with E-state index in [0.29, 0.717) is 45.6 Å². The van der Waals surface area contributed by atoms with E-state index in [1.807, 2.05) is 24.3 Å². The maximum Gasteiger partial charge on any atom is 0.352 e. The number of esters is 1. The van der Waals surface area contributed by atoms with Gasteiger partial charge in [-0.3, -0.25) is 0 Å². The number of hydrogen-bond donors (Lipinski definition) is 1. The number of methoxy groups -OCH3 is 1. The van der Waals surface area contributed by atoms with Crippen molar-refractivity contribution in [3.63, 3.8) is 0 Å². The summed E-state index contributed by atoms with van der Waals surface area (Å²) in [6.45, 7) is 5.82. The normalized spacial score (nSPS) is 14.6. The van der Waals surface area contributed by atoms with Crippen molar-refractivity contribution in [2.45, 2.75) is 45.3 Å². The Kier molecular flexibility index (Phi) is 9.24. The molecule has 2 N–H and O–H groups in total. The van der Waals surface area contributed by atoms with E-state index >= 15 is 0 Å². The van der Waals surface area contributed by atoms with Crippen molar-refractivity contribution < 1.29 is 32.9 Å². The molecule has 230 valence electrons. The summed E-state index contributed by atoms with van der Waals surface area (Å²) in [7, 11) is 1.49. The molecule has 1 aliphatic heterocycles. The zero-order valence-corrected chi connectivity index (χ0v) is 25.4. The lowest BCUT2D eigenvalue weighted by molar-refractivity contribution is -0.141. The van der Waals surface area contributed by atoms with E-state index in [2.05, 4.69) is 19.9 Å². The number of ether oxygens (including phenoxy) is 5. The summed E-state index contributed by atoms with van der Waals surface area (Å²) in [6.07, 6.45) is -0.874. The zero-order chi connectivity index (χ0) is 32.1. The average Bonchev–Trinajstić information content (AvgIpc) is 3.03. The molecule has 0 radical (unpaired) electrons. The monoisotopic (exact) mass is 608 g/mol. The van der Waals surface area contributed by atoms with Gasteiger partial charge in [-0.15, -0.1) is 0 Å². The highest BCUT2D eigenvalue weighted by atomic mass is 19.1. The molecule has 45 heavy (non-hydrogen) atoms. The molecule has 0 fully saturated rings. The molecule has 0 aromatic heterocycles. The lowest BCUT2D eigenvalue weighted by atomic mass is 9.83. The van der Waals surface area contributed by atoms with Crippen LogP contribution in [0.25, 0.3) is 0 Å². The average molecular weight is 609 g/mol. The SMILES string of the molecule is COc1cc(C2C(C#N)=C(N)Oc3cc(OC(=O)C(C)Oc4ccc(C(C)C)cc4)ccc32)ccc1OCc1ccccc1F. The maximum atomic E-state index is 14.1. The number of fused-ring (bicyclic) bond motifs is 1. The van der Waals surface area contributed by atoms with Gasteiger partial charge >= 0.3 is 5.97 Å². The molecule has 1 aliphatic rings. The first-order chi connectivity index (χ1) is 21.7. The van der Waals surface area contributed by atoms with Crippen LogP contribution in [0.2, 0.25) is 0 Å². The summed E-state index contributed by atoms with van der Waals surface area (Å²) < 4.78 is 42.7. The van der Waals surface area contributed by atoms with Gasteiger partial charge in [0, 0.05) is 17.2 Å². The Hall–Kier alpha value is -5.49. The first kappa shape index (κ1) is 31.0. The Morgan fingerprint density at radius 2 is 1.71 bits per heavy atom. The van der Waals surface area contributed by atoms with Crippen molar-refractivity contribution in [1.29, 1.82) is 5.26 Å². The summed E-state index contributed by atoms with van der Waals surface area (Å²) >= 11 is 0. The summed E-state index contributed by atoms with van der Waals surface area (Å²) in [5.41, 5.74) is 9.29. The quantitative estimate of drug-likeness (QED) is 0.150. The molecule has 2 atom stereocenters. The fourth-order valence-electron chi connectivity index (χ4n) is 4.98. The van der Waals surface area contributed by atoms with Crippen LogP contribution in [0.3, 0.4) is 0 Å². The molecule has 0 saturated carbocycles. The van der Waals surface area contributed by atoms with Crippen LogP contribution in [0.4, 0.5) is 4.39 Å². The third-order valence-electron chi connectivity index (χ3n) is 7.46. The fourth-order valence-corrected chi connectivity index (χ4v) is 4.98. The first-order valence-electron chi connectivity index (χ1n) is 14.4. The van der Waals surface area contributed by atoms with E-state index in [1.165, 1.54) is 18.7 Å². The number of carbonyl (C=O) groups is 1. The molecule has 8 nitrogen and oxygen atoms in total. The molecule has 0 aliphatic carbocycles. The highest BCUT2D eigenvalue weighted by Gasteiger charge is 2.32. The van der Waals surface area contributed by atoms with Gasteiger partial charge in [0.05, 0.1) is 13.0 Å². The minimum atomic E-state index is -0.874. The minimum Gasteiger partial charge on any atom is -0.493 e. The van der Waals surface area contributed by atoms with Crippen molar-refractivity contribution >= 4 is 5.97 Å². The number of nitrogens with zero attached hydrogens (tertiary/aromatic N) is 1. The van der Waals surface area contributed by atoms with Crippen LogP contribution in [-0.4, -0.2) is 19.2 Å². The van der Waals surface area contributed by atoms with E-state index in [-0.39, 0.29) is 29.6 Å². The Morgan fingerprint density at radius 3 is 2.40 bits per heavy atom. The number of rotatable bonds is 10. The number of carbonyl (C=O) groups excluding carboxylic acids is 1. The Balaban J connectivity index is 1.35. The van der Waals surface area contributed by atoms with Gasteiger partial charge in [0.1, 0.15) is 41.3 Å². The first-order valence-corrected chi connectivity index (χ1v) is 14.4. The smallest absolute Gasteiger partial charge is 0.352 e. The Morgan fingerprint density at radius 1 is 0.978 bits per heavy atom. The lowest BCUT2D eigenvalue weighted by Crippen LogP contribution is -2.28. The fraction of sp³-hybridized carbons (Fsp3) is 0.222. The largest absolute Gasteiger partial charge is 0.493 e. The molecule has 0 saturated heterocycles.